The summed E-state index contributed by atoms with van der Waals surface area (Å²) in [6.45, 7) is 8.44. The molecular formula is C33H30N2O2S2. The van der Waals surface area contributed by atoms with Crippen molar-refractivity contribution in [2.24, 2.45) is 0 Å². The second-order valence-electron chi connectivity index (χ2n) is 10.5. The minimum atomic E-state index is -1.39. The van der Waals surface area contributed by atoms with Crippen LogP contribution in [0.25, 0.3) is 21.8 Å². The van der Waals surface area contributed by atoms with Gasteiger partial charge >= 0.3 is 0 Å². The fraction of sp³-hybridized carbons (Fsp3) is 0.152. The van der Waals surface area contributed by atoms with Gasteiger partial charge in [-0.3, -0.25) is 7.94 Å². The van der Waals surface area contributed by atoms with Crippen molar-refractivity contribution in [1.29, 1.82) is 0 Å². The molecule has 0 aliphatic rings. The predicted molar refractivity (Wildman–Crippen MR) is 162 cm³/mol. The molecule has 196 valence electrons. The third-order valence-corrected chi connectivity index (χ3v) is 10.2. The summed E-state index contributed by atoms with van der Waals surface area (Å²) in [5, 5.41) is 2.11. The van der Waals surface area contributed by atoms with Gasteiger partial charge in [0.25, 0.3) is 0 Å². The highest BCUT2D eigenvalue weighted by atomic mass is 32.2. The number of aryl methyl sites for hydroxylation is 2. The topological polar surface area (TPSA) is 44.0 Å². The van der Waals surface area contributed by atoms with Crippen molar-refractivity contribution in [3.05, 3.63) is 132 Å². The fourth-order valence-electron chi connectivity index (χ4n) is 5.25. The van der Waals surface area contributed by atoms with Gasteiger partial charge in [0, 0.05) is 28.6 Å². The third kappa shape index (κ3) is 4.38. The zero-order valence-corrected chi connectivity index (χ0v) is 24.1. The molecular weight excluding hydrogens is 521 g/mol. The van der Waals surface area contributed by atoms with E-state index < -0.39 is 27.4 Å². The van der Waals surface area contributed by atoms with Gasteiger partial charge in [0.2, 0.25) is 0 Å². The molecule has 6 rings (SSSR count). The first-order valence-electron chi connectivity index (χ1n) is 12.9. The largest absolute Gasteiger partial charge is 0.262 e. The van der Waals surface area contributed by atoms with Crippen LogP contribution in [0.4, 0.5) is 0 Å². The van der Waals surface area contributed by atoms with E-state index in [-0.39, 0.29) is 0 Å². The molecule has 6 heteroatoms. The van der Waals surface area contributed by atoms with Crippen LogP contribution in [0.3, 0.4) is 0 Å². The van der Waals surface area contributed by atoms with Crippen LogP contribution in [0.2, 0.25) is 0 Å². The molecule has 0 spiro atoms. The van der Waals surface area contributed by atoms with Crippen molar-refractivity contribution in [3.63, 3.8) is 0 Å². The highest BCUT2D eigenvalue weighted by Crippen LogP contribution is 2.42. The molecule has 39 heavy (non-hydrogen) atoms. The Morgan fingerprint density at radius 3 is 1.28 bits per heavy atom. The highest BCUT2D eigenvalue weighted by Gasteiger charge is 2.32. The average Bonchev–Trinajstić information content (AvgIpc) is 3.54. The van der Waals surface area contributed by atoms with Crippen LogP contribution < -0.4 is 0 Å². The van der Waals surface area contributed by atoms with Gasteiger partial charge in [-0.1, -0.05) is 85.6 Å². The standard InChI is InChI=1S/C33H30N2O2S2/c1-23-13-17-25(18-14-23)38(36)34-21-29(27-9-5-7-11-31(27)34)33(3,4)30-22-35(32-12-8-6-10-28(30)32)39(37)26-19-15-24(2)16-20-26/h5-22H,1-4H3. The zero-order chi connectivity index (χ0) is 27.3. The van der Waals surface area contributed by atoms with Gasteiger partial charge in [0.1, 0.15) is 0 Å². The normalized spacial score (nSPS) is 13.6. The summed E-state index contributed by atoms with van der Waals surface area (Å²) in [6.07, 6.45) is 4.06. The van der Waals surface area contributed by atoms with Gasteiger partial charge < -0.3 is 0 Å². The van der Waals surface area contributed by atoms with E-state index in [0.29, 0.717) is 0 Å². The molecule has 0 saturated carbocycles. The number of para-hydroxylation sites is 2. The summed E-state index contributed by atoms with van der Waals surface area (Å²) in [5.41, 5.74) is 5.79. The van der Waals surface area contributed by atoms with E-state index in [4.69, 9.17) is 0 Å². The lowest BCUT2D eigenvalue weighted by atomic mass is 9.78. The Kier molecular flexibility index (Phi) is 6.40. The van der Waals surface area contributed by atoms with Crippen LogP contribution >= 0.6 is 0 Å². The van der Waals surface area contributed by atoms with Gasteiger partial charge in [-0.2, -0.15) is 0 Å². The second-order valence-corrected chi connectivity index (χ2v) is 13.2. The van der Waals surface area contributed by atoms with E-state index in [2.05, 4.69) is 26.0 Å². The number of aromatic nitrogens is 2. The van der Waals surface area contributed by atoms with Crippen LogP contribution in [0.1, 0.15) is 36.1 Å². The summed E-state index contributed by atoms with van der Waals surface area (Å²) >= 11 is 0. The Labute approximate surface area is 234 Å². The van der Waals surface area contributed by atoms with E-state index in [9.17, 15) is 8.42 Å². The number of rotatable bonds is 6. The molecule has 4 aromatic carbocycles. The minimum absolute atomic E-state index is 0.468. The number of hydrogen-bond donors (Lipinski definition) is 0. The first-order valence-corrected chi connectivity index (χ1v) is 15.2. The third-order valence-electron chi connectivity index (χ3n) is 7.51. The van der Waals surface area contributed by atoms with Crippen molar-refractivity contribution in [2.45, 2.75) is 42.9 Å². The summed E-state index contributed by atoms with van der Waals surface area (Å²) in [7, 11) is -2.79. The molecule has 0 aliphatic heterocycles. The van der Waals surface area contributed by atoms with E-state index in [0.717, 1.165) is 53.9 Å². The van der Waals surface area contributed by atoms with E-state index in [1.54, 1.807) is 0 Å². The van der Waals surface area contributed by atoms with Crippen LogP contribution in [0.15, 0.2) is 119 Å². The maximum atomic E-state index is 13.8. The number of hydrogen-bond acceptors (Lipinski definition) is 2. The van der Waals surface area contributed by atoms with Crippen LogP contribution in [-0.4, -0.2) is 16.4 Å². The average molecular weight is 551 g/mol. The highest BCUT2D eigenvalue weighted by molar-refractivity contribution is 7.84. The molecule has 0 amide bonds. The van der Waals surface area contributed by atoms with Gasteiger partial charge in [-0.15, -0.1) is 0 Å². The quantitative estimate of drug-likeness (QED) is 0.213. The molecule has 0 saturated heterocycles. The lowest BCUT2D eigenvalue weighted by molar-refractivity contribution is 0.649. The molecule has 0 N–H and O–H groups in total. The summed E-state index contributed by atoms with van der Waals surface area (Å²) in [4.78, 5) is 1.52. The maximum Gasteiger partial charge on any atom is 0.157 e. The van der Waals surface area contributed by atoms with Crippen molar-refractivity contribution in [1.82, 2.24) is 7.94 Å². The summed E-state index contributed by atoms with van der Waals surface area (Å²) in [6, 6.07) is 31.9. The minimum Gasteiger partial charge on any atom is -0.262 e. The molecule has 4 nitrogen and oxygen atoms in total. The number of fused-ring (bicyclic) bond motifs is 2. The smallest absolute Gasteiger partial charge is 0.157 e. The SMILES string of the molecule is Cc1ccc(S(=O)n2cc(C(C)(C)c3cn(S(=O)c4ccc(C)cc4)c4ccccc34)c3ccccc32)cc1. The van der Waals surface area contributed by atoms with Gasteiger partial charge in [-0.05, 0) is 61.4 Å². The zero-order valence-electron chi connectivity index (χ0n) is 22.4. The molecule has 0 radical (unpaired) electrons. The Morgan fingerprint density at radius 2 is 0.897 bits per heavy atom. The van der Waals surface area contributed by atoms with E-state index in [1.807, 2.05) is 119 Å². The van der Waals surface area contributed by atoms with Crippen LogP contribution in [0, 0.1) is 13.8 Å². The van der Waals surface area contributed by atoms with Gasteiger partial charge in [0.15, 0.2) is 22.0 Å². The molecule has 0 aliphatic carbocycles. The lowest BCUT2D eigenvalue weighted by Gasteiger charge is -2.24. The maximum absolute atomic E-state index is 13.8. The van der Waals surface area contributed by atoms with Gasteiger partial charge in [0.05, 0.1) is 20.8 Å². The summed E-state index contributed by atoms with van der Waals surface area (Å²) < 4.78 is 31.3. The Hall–Kier alpha value is -3.74. The first kappa shape index (κ1) is 25.5. The molecule has 6 aromatic rings. The second kappa shape index (κ2) is 9.78. The Bertz CT molecular complexity index is 1740. The Morgan fingerprint density at radius 1 is 0.538 bits per heavy atom. The van der Waals surface area contributed by atoms with Crippen molar-refractivity contribution in [2.75, 3.05) is 0 Å². The lowest BCUT2D eigenvalue weighted by Crippen LogP contribution is -2.18. The van der Waals surface area contributed by atoms with Crippen molar-refractivity contribution >= 4 is 43.8 Å². The van der Waals surface area contributed by atoms with Crippen molar-refractivity contribution in [3.8, 4) is 0 Å². The molecule has 2 atom stereocenters. The van der Waals surface area contributed by atoms with Crippen LogP contribution in [-0.2, 0) is 27.4 Å². The first-order chi connectivity index (χ1) is 18.8. The summed E-state index contributed by atoms with van der Waals surface area (Å²) in [5.74, 6) is 0. The predicted octanol–water partition coefficient (Wildman–Crippen LogP) is 7.68. The number of benzene rings is 4. The monoisotopic (exact) mass is 550 g/mol. The number of nitrogens with zero attached hydrogens (tertiary/aromatic N) is 2. The van der Waals surface area contributed by atoms with E-state index in [1.165, 1.54) is 0 Å². The van der Waals surface area contributed by atoms with Gasteiger partial charge in [-0.25, -0.2) is 8.42 Å². The van der Waals surface area contributed by atoms with Crippen LogP contribution in [0.5, 0.6) is 0 Å². The molecule has 0 bridgehead atoms. The fourth-order valence-corrected chi connectivity index (χ4v) is 7.52. The molecule has 2 aromatic heterocycles. The molecule has 2 heterocycles. The Balaban J connectivity index is 1.52. The molecule has 0 fully saturated rings. The molecule has 2 unspecified atom stereocenters. The van der Waals surface area contributed by atoms with E-state index >= 15 is 0 Å². The van der Waals surface area contributed by atoms with Crippen molar-refractivity contribution < 1.29 is 8.42 Å².